The van der Waals surface area contributed by atoms with Crippen LogP contribution in [-0.4, -0.2) is 58.2 Å². The fourth-order valence-corrected chi connectivity index (χ4v) is 4.07. The van der Waals surface area contributed by atoms with Crippen molar-refractivity contribution >= 4 is 23.1 Å². The van der Waals surface area contributed by atoms with E-state index in [4.69, 9.17) is 11.6 Å². The van der Waals surface area contributed by atoms with Crippen molar-refractivity contribution in [2.24, 2.45) is 7.05 Å². The summed E-state index contributed by atoms with van der Waals surface area (Å²) in [5.74, 6) is 1.08. The number of aromatic nitrogens is 2. The molecular weight excluding hydrogens is 432 g/mol. The molecule has 2 rings (SSSR count). The van der Waals surface area contributed by atoms with Crippen molar-refractivity contribution in [3.63, 3.8) is 0 Å². The minimum absolute atomic E-state index is 0.0536. The van der Waals surface area contributed by atoms with E-state index in [1.54, 1.807) is 7.05 Å². The third-order valence-electron chi connectivity index (χ3n) is 5.33. The van der Waals surface area contributed by atoms with Crippen molar-refractivity contribution in [3.05, 3.63) is 44.6 Å². The highest BCUT2D eigenvalue weighted by Gasteiger charge is 2.38. The predicted octanol–water partition coefficient (Wildman–Crippen LogP) is 2.44. The van der Waals surface area contributed by atoms with Gasteiger partial charge >= 0.3 is 5.69 Å². The molecule has 182 valence electrons. The van der Waals surface area contributed by atoms with Crippen molar-refractivity contribution in [2.45, 2.75) is 59.2 Å². The molecule has 1 aliphatic heterocycles. The molecule has 9 heteroatoms. The van der Waals surface area contributed by atoms with Crippen LogP contribution in [0.15, 0.2) is 33.4 Å². The Morgan fingerprint density at radius 3 is 2.34 bits per heavy atom. The summed E-state index contributed by atoms with van der Waals surface area (Å²) >= 11 is 5.87. The number of alkyl halides is 1. The molecule has 0 bridgehead atoms. The molecule has 0 spiro atoms. The highest BCUT2D eigenvalue weighted by molar-refractivity contribution is 6.17. The lowest BCUT2D eigenvalue weighted by molar-refractivity contribution is 0.277. The highest BCUT2D eigenvalue weighted by atomic mass is 35.5. The quantitative estimate of drug-likeness (QED) is 0.381. The van der Waals surface area contributed by atoms with Gasteiger partial charge in [0.15, 0.2) is 0 Å². The van der Waals surface area contributed by atoms with E-state index >= 15 is 0 Å². The number of halogens is 1. The Bertz CT molecular complexity index is 891. The molecule has 0 amide bonds. The first-order valence-corrected chi connectivity index (χ1v) is 11.9. The second-order valence-corrected chi connectivity index (χ2v) is 7.77. The van der Waals surface area contributed by atoms with E-state index in [-0.39, 0.29) is 31.5 Å². The van der Waals surface area contributed by atoms with Gasteiger partial charge in [0.25, 0.3) is 5.56 Å². The van der Waals surface area contributed by atoms with Crippen LogP contribution in [0.3, 0.4) is 0 Å². The van der Waals surface area contributed by atoms with E-state index < -0.39 is 5.69 Å². The second kappa shape index (κ2) is 14.2. The largest absolute Gasteiger partial charge is 0.396 e. The second-order valence-electron chi connectivity index (χ2n) is 7.39. The van der Waals surface area contributed by atoms with Gasteiger partial charge in [-0.1, -0.05) is 32.1 Å². The van der Waals surface area contributed by atoms with Crippen LogP contribution in [0.4, 0.5) is 11.5 Å². The molecule has 0 saturated heterocycles. The van der Waals surface area contributed by atoms with Crippen LogP contribution in [0.5, 0.6) is 0 Å². The molecule has 8 nitrogen and oxygen atoms in total. The summed E-state index contributed by atoms with van der Waals surface area (Å²) in [4.78, 5) is 30.1. The summed E-state index contributed by atoms with van der Waals surface area (Å²) < 4.78 is 2.69. The lowest BCUT2D eigenvalue weighted by Crippen LogP contribution is -2.44. The van der Waals surface area contributed by atoms with Crippen molar-refractivity contribution in [3.8, 4) is 0 Å². The summed E-state index contributed by atoms with van der Waals surface area (Å²) in [5, 5.41) is 18.5. The van der Waals surface area contributed by atoms with Crippen molar-refractivity contribution < 1.29 is 10.2 Å². The van der Waals surface area contributed by atoms with Gasteiger partial charge in [-0.15, -0.1) is 11.6 Å². The van der Waals surface area contributed by atoms with Gasteiger partial charge in [-0.25, -0.2) is 4.79 Å². The van der Waals surface area contributed by atoms with E-state index in [0.29, 0.717) is 49.6 Å². The maximum atomic E-state index is 13.4. The Morgan fingerprint density at radius 1 is 1.12 bits per heavy atom. The molecule has 0 aromatic carbocycles. The molecule has 0 radical (unpaired) electrons. The van der Waals surface area contributed by atoms with E-state index in [1.807, 2.05) is 49.8 Å². The number of anilines is 2. The molecule has 1 aromatic rings. The Morgan fingerprint density at radius 2 is 1.78 bits per heavy atom. The Kier molecular flexibility index (Phi) is 12.4. The van der Waals surface area contributed by atoms with Crippen molar-refractivity contribution in [1.29, 1.82) is 0 Å². The fourth-order valence-electron chi connectivity index (χ4n) is 3.96. The third-order valence-corrected chi connectivity index (χ3v) is 5.55. The van der Waals surface area contributed by atoms with Crippen molar-refractivity contribution in [2.75, 3.05) is 42.5 Å². The SMILES string of the molecule is C/C=C\C(=C/CCCl)CN1c2c(n(C)c(=O)n(CCCO)c2=O)N(C)C1CCCO.CC. The van der Waals surface area contributed by atoms with Crippen LogP contribution in [-0.2, 0) is 13.6 Å². The average molecular weight is 471 g/mol. The number of aliphatic hydroxyl groups excluding tert-OH is 2. The monoisotopic (exact) mass is 470 g/mol. The minimum atomic E-state index is -0.395. The zero-order valence-electron chi connectivity index (χ0n) is 20.1. The number of aliphatic hydroxyl groups is 2. The van der Waals surface area contributed by atoms with E-state index in [9.17, 15) is 19.8 Å². The third kappa shape index (κ3) is 6.27. The molecule has 0 saturated carbocycles. The number of nitrogens with zero attached hydrogens (tertiary/aromatic N) is 4. The molecule has 0 fully saturated rings. The fraction of sp³-hybridized carbons (Fsp3) is 0.652. The number of rotatable bonds is 11. The molecule has 2 heterocycles. The van der Waals surface area contributed by atoms with Crippen LogP contribution in [0, 0.1) is 0 Å². The van der Waals surface area contributed by atoms with Gasteiger partial charge in [-0.2, -0.15) is 0 Å². The maximum Gasteiger partial charge on any atom is 0.332 e. The Hall–Kier alpha value is -2.03. The minimum Gasteiger partial charge on any atom is -0.396 e. The number of hydrogen-bond donors (Lipinski definition) is 2. The first-order chi connectivity index (χ1) is 15.4. The summed E-state index contributed by atoms with van der Waals surface area (Å²) in [6.07, 6.45) is 8.11. The summed E-state index contributed by atoms with van der Waals surface area (Å²) in [6.45, 7) is 6.55. The summed E-state index contributed by atoms with van der Waals surface area (Å²) in [7, 11) is 3.53. The molecule has 2 N–H and O–H groups in total. The Balaban J connectivity index is 0.00000249. The smallest absolute Gasteiger partial charge is 0.332 e. The van der Waals surface area contributed by atoms with Crippen LogP contribution in [0.1, 0.15) is 46.5 Å². The normalized spacial score (nSPS) is 15.9. The van der Waals surface area contributed by atoms with Gasteiger partial charge in [0.1, 0.15) is 17.7 Å². The van der Waals surface area contributed by atoms with Gasteiger partial charge in [0.2, 0.25) is 0 Å². The zero-order valence-corrected chi connectivity index (χ0v) is 20.8. The van der Waals surface area contributed by atoms with Gasteiger partial charge in [0, 0.05) is 46.3 Å². The summed E-state index contributed by atoms with van der Waals surface area (Å²) in [6, 6.07) is 0. The van der Waals surface area contributed by atoms with Crippen molar-refractivity contribution in [1.82, 2.24) is 9.13 Å². The number of hydrogen-bond acceptors (Lipinski definition) is 6. The van der Waals surface area contributed by atoms with E-state index in [2.05, 4.69) is 6.08 Å². The molecule has 1 atom stereocenters. The highest BCUT2D eigenvalue weighted by Crippen LogP contribution is 2.36. The number of fused-ring (bicyclic) bond motifs is 1. The van der Waals surface area contributed by atoms with Crippen LogP contribution < -0.4 is 21.0 Å². The van der Waals surface area contributed by atoms with Crippen LogP contribution in [0.2, 0.25) is 0 Å². The van der Waals surface area contributed by atoms with Crippen LogP contribution in [0.25, 0.3) is 0 Å². The van der Waals surface area contributed by atoms with Gasteiger partial charge in [-0.3, -0.25) is 13.9 Å². The van der Waals surface area contributed by atoms with Gasteiger partial charge < -0.3 is 20.0 Å². The maximum absolute atomic E-state index is 13.4. The molecule has 1 aromatic heterocycles. The topological polar surface area (TPSA) is 90.9 Å². The standard InChI is InChI=1S/C21H33ClN4O4.C2H6/c1-4-8-16(9-5-11-22)15-26-17(10-6-13-27)23(2)19-18(26)20(29)25(12-7-14-28)21(30)24(19)3;1-2/h4,8-9,17,27-28H,5-7,10-15H2,1-3H3;1-2H3/b8-4-,16-9+;. The first kappa shape index (κ1) is 28.0. The first-order valence-electron chi connectivity index (χ1n) is 11.4. The molecule has 1 unspecified atom stereocenters. The molecule has 0 aliphatic carbocycles. The van der Waals surface area contributed by atoms with Crippen LogP contribution >= 0.6 is 11.6 Å². The molecular formula is C23H39ClN4O4. The predicted molar refractivity (Wildman–Crippen MR) is 133 cm³/mol. The zero-order chi connectivity index (χ0) is 24.3. The average Bonchev–Trinajstić information content (AvgIpc) is 3.07. The van der Waals surface area contributed by atoms with Gasteiger partial charge in [0.05, 0.1) is 0 Å². The van der Waals surface area contributed by atoms with E-state index in [0.717, 1.165) is 5.57 Å². The molecule has 32 heavy (non-hydrogen) atoms. The molecule has 1 aliphatic rings. The lowest BCUT2D eigenvalue weighted by atomic mass is 10.1. The Labute approximate surface area is 196 Å². The van der Waals surface area contributed by atoms with Gasteiger partial charge in [-0.05, 0) is 38.2 Å². The lowest BCUT2D eigenvalue weighted by Gasteiger charge is -2.30. The summed E-state index contributed by atoms with van der Waals surface area (Å²) in [5.41, 5.74) is 0.760. The van der Waals surface area contributed by atoms with E-state index in [1.165, 1.54) is 9.13 Å². The number of allylic oxidation sites excluding steroid dienone is 2.